The summed E-state index contributed by atoms with van der Waals surface area (Å²) < 4.78 is 17.4. The van der Waals surface area contributed by atoms with Crippen molar-refractivity contribution in [3.8, 4) is 0 Å². The first kappa shape index (κ1) is 22.1. The first-order valence-electron chi connectivity index (χ1n) is 8.46. The molecule has 0 aromatic rings. The second kappa shape index (κ2) is 9.12. The van der Waals surface area contributed by atoms with Gasteiger partial charge in [-0.15, -0.1) is 23.5 Å². The Hall–Kier alpha value is 0.0500. The van der Waals surface area contributed by atoms with E-state index in [1.54, 1.807) is 44.3 Å². The molecule has 5 nitrogen and oxygen atoms in total. The summed E-state index contributed by atoms with van der Waals surface area (Å²) in [5, 5.41) is 10.6. The van der Waals surface area contributed by atoms with Gasteiger partial charge >= 0.3 is 5.97 Å². The van der Waals surface area contributed by atoms with E-state index in [1.807, 2.05) is 13.8 Å². The van der Waals surface area contributed by atoms with Gasteiger partial charge in [-0.05, 0) is 46.1 Å². The summed E-state index contributed by atoms with van der Waals surface area (Å²) in [4.78, 5) is 11.9. The quantitative estimate of drug-likeness (QED) is 0.512. The lowest BCUT2D eigenvalue weighted by Crippen LogP contribution is -2.43. The van der Waals surface area contributed by atoms with Crippen LogP contribution >= 0.6 is 23.5 Å². The van der Waals surface area contributed by atoms with Crippen molar-refractivity contribution >= 4 is 29.5 Å². The molecular formula is C17H32O5S2. The Balaban J connectivity index is 2.78. The maximum absolute atomic E-state index is 11.9. The molecule has 0 aromatic carbocycles. The highest BCUT2D eigenvalue weighted by atomic mass is 32.2. The maximum Gasteiger partial charge on any atom is 0.311 e. The molecule has 0 bridgehead atoms. The van der Waals surface area contributed by atoms with Gasteiger partial charge in [0.15, 0.2) is 5.79 Å². The lowest BCUT2D eigenvalue weighted by molar-refractivity contribution is -0.167. The Morgan fingerprint density at radius 3 is 2.12 bits per heavy atom. The van der Waals surface area contributed by atoms with Crippen LogP contribution in [0.4, 0.5) is 0 Å². The van der Waals surface area contributed by atoms with Crippen molar-refractivity contribution in [2.24, 2.45) is 5.41 Å². The number of esters is 1. The van der Waals surface area contributed by atoms with Gasteiger partial charge in [0.25, 0.3) is 0 Å². The van der Waals surface area contributed by atoms with Gasteiger partial charge in [-0.2, -0.15) is 0 Å². The van der Waals surface area contributed by atoms with E-state index in [1.165, 1.54) is 0 Å². The molecule has 3 atom stereocenters. The van der Waals surface area contributed by atoms with E-state index in [2.05, 4.69) is 13.8 Å². The Morgan fingerprint density at radius 1 is 1.17 bits per heavy atom. The molecule has 0 saturated carbocycles. The Morgan fingerprint density at radius 2 is 1.67 bits per heavy atom. The van der Waals surface area contributed by atoms with Crippen molar-refractivity contribution in [1.82, 2.24) is 0 Å². The van der Waals surface area contributed by atoms with Gasteiger partial charge < -0.3 is 19.3 Å². The lowest BCUT2D eigenvalue weighted by atomic mass is 9.97. The van der Waals surface area contributed by atoms with Crippen molar-refractivity contribution in [2.75, 3.05) is 18.1 Å². The minimum Gasteiger partial charge on any atom is -0.462 e. The van der Waals surface area contributed by atoms with Gasteiger partial charge in [-0.25, -0.2) is 0 Å². The van der Waals surface area contributed by atoms with Crippen molar-refractivity contribution in [3.63, 3.8) is 0 Å². The molecule has 1 heterocycles. The zero-order valence-corrected chi connectivity index (χ0v) is 17.5. The fraction of sp³-hybridized carbons (Fsp3) is 0.941. The number of rotatable bonds is 8. The molecule has 0 aromatic heterocycles. The first-order valence-corrected chi connectivity index (χ1v) is 10.6. The van der Waals surface area contributed by atoms with E-state index in [-0.39, 0.29) is 23.3 Å². The van der Waals surface area contributed by atoms with Crippen molar-refractivity contribution in [3.05, 3.63) is 0 Å². The number of hydrogen-bond donors (Lipinski definition) is 1. The van der Waals surface area contributed by atoms with E-state index < -0.39 is 23.4 Å². The van der Waals surface area contributed by atoms with Crippen LogP contribution in [0.25, 0.3) is 0 Å². The maximum atomic E-state index is 11.9. The van der Waals surface area contributed by atoms with Crippen LogP contribution in [0.5, 0.6) is 0 Å². The molecule has 1 saturated heterocycles. The van der Waals surface area contributed by atoms with Crippen LogP contribution in [-0.4, -0.2) is 57.9 Å². The monoisotopic (exact) mass is 380 g/mol. The summed E-state index contributed by atoms with van der Waals surface area (Å²) in [5.74, 6) is 0.823. The molecule has 0 radical (unpaired) electrons. The number of hydrogen-bond acceptors (Lipinski definition) is 7. The third kappa shape index (κ3) is 6.41. The first-order chi connectivity index (χ1) is 11.0. The Kier molecular flexibility index (Phi) is 8.40. The number of thioether (sulfide) groups is 2. The third-order valence-electron chi connectivity index (χ3n) is 3.47. The Labute approximate surface area is 154 Å². The molecule has 0 aliphatic carbocycles. The molecule has 24 heavy (non-hydrogen) atoms. The molecule has 7 heteroatoms. The molecule has 1 aliphatic rings. The van der Waals surface area contributed by atoms with E-state index in [0.717, 1.165) is 11.5 Å². The smallest absolute Gasteiger partial charge is 0.311 e. The van der Waals surface area contributed by atoms with E-state index in [0.29, 0.717) is 0 Å². The van der Waals surface area contributed by atoms with Crippen molar-refractivity contribution < 1.29 is 24.1 Å². The van der Waals surface area contributed by atoms with Gasteiger partial charge in [0, 0.05) is 0 Å². The highest BCUT2D eigenvalue weighted by Crippen LogP contribution is 2.39. The molecule has 1 rings (SSSR count). The van der Waals surface area contributed by atoms with Crippen LogP contribution < -0.4 is 0 Å². The number of aliphatic hydroxyl groups is 1. The van der Waals surface area contributed by atoms with Crippen LogP contribution in [0.1, 0.15) is 48.5 Å². The minimum atomic E-state index is -0.916. The topological polar surface area (TPSA) is 65.0 Å². The third-order valence-corrected chi connectivity index (χ3v) is 6.15. The predicted molar refractivity (Wildman–Crippen MR) is 100 cm³/mol. The predicted octanol–water partition coefficient (Wildman–Crippen LogP) is 3.29. The number of ether oxygens (including phenoxy) is 3. The van der Waals surface area contributed by atoms with Crippen LogP contribution in [0.15, 0.2) is 0 Å². The van der Waals surface area contributed by atoms with Gasteiger partial charge in [-0.1, -0.05) is 13.8 Å². The second-order valence-corrected chi connectivity index (χ2v) is 10.4. The van der Waals surface area contributed by atoms with E-state index >= 15 is 0 Å². The van der Waals surface area contributed by atoms with Crippen molar-refractivity contribution in [1.29, 1.82) is 0 Å². The van der Waals surface area contributed by atoms with Gasteiger partial charge in [0.05, 0.1) is 10.00 Å². The minimum absolute atomic E-state index is 0.0863. The number of aliphatic hydroxyl groups excluding tert-OH is 1. The summed E-state index contributed by atoms with van der Waals surface area (Å²) in [7, 11) is 0. The van der Waals surface area contributed by atoms with Crippen LogP contribution in [0.3, 0.4) is 0 Å². The van der Waals surface area contributed by atoms with Gasteiger partial charge in [0.2, 0.25) is 0 Å². The SMILES string of the molecule is CCSC(SCC)[C@H]1OC(C)(C)O[C@@H]1[C@H](O)COC(=O)C(C)(C)C. The van der Waals surface area contributed by atoms with Gasteiger partial charge in [0.1, 0.15) is 24.9 Å². The highest BCUT2D eigenvalue weighted by molar-refractivity contribution is 8.17. The lowest BCUT2D eigenvalue weighted by Gasteiger charge is -2.28. The summed E-state index contributed by atoms with van der Waals surface area (Å²) in [6, 6.07) is 0. The molecule has 1 aliphatic heterocycles. The molecule has 1 N–H and O–H groups in total. The summed E-state index contributed by atoms with van der Waals surface area (Å²) in [6.07, 6.45) is -1.69. The van der Waals surface area contributed by atoms with Crippen LogP contribution in [0.2, 0.25) is 0 Å². The fourth-order valence-corrected chi connectivity index (χ4v) is 5.02. The molecule has 1 fully saturated rings. The largest absolute Gasteiger partial charge is 0.462 e. The Bertz CT molecular complexity index is 402. The van der Waals surface area contributed by atoms with Crippen molar-refractivity contribution in [2.45, 2.75) is 77.1 Å². The molecular weight excluding hydrogens is 348 g/mol. The summed E-state index contributed by atoms with van der Waals surface area (Å²) in [5.41, 5.74) is -0.593. The van der Waals surface area contributed by atoms with E-state index in [4.69, 9.17) is 14.2 Å². The zero-order valence-electron chi connectivity index (χ0n) is 15.8. The second-order valence-electron chi connectivity index (χ2n) is 7.26. The summed E-state index contributed by atoms with van der Waals surface area (Å²) in [6.45, 7) is 13.2. The highest BCUT2D eigenvalue weighted by Gasteiger charge is 2.48. The number of carbonyl (C=O) groups is 1. The van der Waals surface area contributed by atoms with Gasteiger partial charge in [-0.3, -0.25) is 4.79 Å². The van der Waals surface area contributed by atoms with E-state index in [9.17, 15) is 9.90 Å². The fourth-order valence-electron chi connectivity index (χ4n) is 2.36. The van der Waals surface area contributed by atoms with Crippen LogP contribution in [0, 0.1) is 5.41 Å². The molecule has 142 valence electrons. The number of carbonyl (C=O) groups excluding carboxylic acids is 1. The summed E-state index contributed by atoms with van der Waals surface area (Å²) >= 11 is 3.58. The average Bonchev–Trinajstić information content (AvgIpc) is 2.79. The van der Waals surface area contributed by atoms with Crippen LogP contribution in [-0.2, 0) is 19.0 Å². The normalized spacial score (nSPS) is 25.0. The zero-order chi connectivity index (χ0) is 18.5. The molecule has 0 unspecified atom stereocenters. The molecule has 0 spiro atoms. The average molecular weight is 381 g/mol. The standard InChI is InChI=1S/C17H32O5S2/c1-8-23-14(24-9-2)13-12(21-17(6,7)22-13)11(18)10-20-15(19)16(3,4)5/h11-14,18H,8-10H2,1-7H3/t11-,12-,13+/m1/s1. The molecule has 0 amide bonds.